The van der Waals surface area contributed by atoms with Crippen LogP contribution in [0.4, 0.5) is 0 Å². The zero-order valence-corrected chi connectivity index (χ0v) is 21.7. The maximum Gasteiger partial charge on any atom is 0.274 e. The van der Waals surface area contributed by atoms with Crippen LogP contribution in [0.15, 0.2) is 40.9 Å². The summed E-state index contributed by atoms with van der Waals surface area (Å²) in [6.45, 7) is 6.79. The van der Waals surface area contributed by atoms with Crippen molar-refractivity contribution < 1.29 is 28.8 Å². The summed E-state index contributed by atoms with van der Waals surface area (Å²) in [5.41, 5.74) is 0.342. The molecular formula is C27H36N4O6. The molecule has 1 heterocycles. The summed E-state index contributed by atoms with van der Waals surface area (Å²) in [6.07, 6.45) is 2.23. The Balaban J connectivity index is 1.75. The van der Waals surface area contributed by atoms with Gasteiger partial charge in [0.2, 0.25) is 11.8 Å². The number of nitrogens with one attached hydrogen (secondary N) is 3. The van der Waals surface area contributed by atoms with Crippen molar-refractivity contribution in [3.8, 4) is 0 Å². The Bertz CT molecular complexity index is 1110. The van der Waals surface area contributed by atoms with Crippen molar-refractivity contribution in [3.63, 3.8) is 0 Å². The van der Waals surface area contributed by atoms with Gasteiger partial charge in [-0.05, 0) is 37.7 Å². The number of nitrogens with zero attached hydrogens (tertiary/aromatic N) is 1. The Morgan fingerprint density at radius 1 is 1.00 bits per heavy atom. The Morgan fingerprint density at radius 3 is 2.16 bits per heavy atom. The molecule has 1 aromatic heterocycles. The first-order valence-electron chi connectivity index (χ1n) is 12.6. The third-order valence-electron chi connectivity index (χ3n) is 6.52. The summed E-state index contributed by atoms with van der Waals surface area (Å²) >= 11 is 0. The molecule has 0 bridgehead atoms. The van der Waals surface area contributed by atoms with Gasteiger partial charge in [0.1, 0.15) is 17.8 Å². The average molecular weight is 513 g/mol. The van der Waals surface area contributed by atoms with E-state index in [1.165, 1.54) is 6.07 Å². The van der Waals surface area contributed by atoms with Gasteiger partial charge in [-0.15, -0.1) is 0 Å². The minimum atomic E-state index is -1.32. The molecule has 0 saturated heterocycles. The van der Waals surface area contributed by atoms with E-state index in [0.717, 1.165) is 18.4 Å². The van der Waals surface area contributed by atoms with Crippen LogP contribution in [0, 0.1) is 18.3 Å². The number of rotatable bonds is 13. The standard InChI is InChI=1S/C27H36N4O6/c1-16(2)12-19(23(33)27(4)10-11-27)28-24(34)20(14-18-8-6-5-7-9-18)29-26(36)22(15-32)30-25(35)21-13-17(3)37-31-21/h5-9,13,16,19-20,22,32H,10-12,14-15H2,1-4H3,(H,28,34)(H,29,36)(H,30,35)/t19-,20-,22-/m0/s1. The number of aliphatic hydroxyl groups is 1. The molecule has 1 fully saturated rings. The Morgan fingerprint density at radius 2 is 1.62 bits per heavy atom. The topological polar surface area (TPSA) is 151 Å². The summed E-state index contributed by atoms with van der Waals surface area (Å²) in [5.74, 6) is -1.35. The van der Waals surface area contributed by atoms with Gasteiger partial charge < -0.3 is 25.6 Å². The lowest BCUT2D eigenvalue weighted by atomic mass is 9.91. The van der Waals surface area contributed by atoms with Crippen molar-refractivity contribution in [2.75, 3.05) is 6.61 Å². The molecule has 1 aliphatic rings. The Hall–Kier alpha value is -3.53. The SMILES string of the molecule is Cc1cc(C(=O)N[C@@H](CO)C(=O)N[C@@H](Cc2ccccc2)C(=O)N[C@@H](CC(C)C)C(=O)C2(C)CC2)no1. The highest BCUT2D eigenvalue weighted by molar-refractivity contribution is 5.98. The van der Waals surface area contributed by atoms with E-state index in [1.807, 2.05) is 51.1 Å². The fourth-order valence-electron chi connectivity index (χ4n) is 4.06. The molecule has 37 heavy (non-hydrogen) atoms. The molecule has 0 spiro atoms. The number of hydrogen-bond donors (Lipinski definition) is 4. The van der Waals surface area contributed by atoms with Crippen molar-refractivity contribution in [1.82, 2.24) is 21.1 Å². The van der Waals surface area contributed by atoms with Crippen molar-refractivity contribution in [2.24, 2.45) is 11.3 Å². The van der Waals surface area contributed by atoms with E-state index in [9.17, 15) is 24.3 Å². The number of benzene rings is 1. The minimum absolute atomic E-state index is 0.00254. The van der Waals surface area contributed by atoms with Crippen LogP contribution in [0.1, 0.15) is 61.8 Å². The predicted octanol–water partition coefficient (Wildman–Crippen LogP) is 1.70. The molecule has 1 aromatic carbocycles. The highest BCUT2D eigenvalue weighted by Gasteiger charge is 2.48. The first kappa shape index (κ1) is 28.0. The van der Waals surface area contributed by atoms with E-state index < -0.39 is 47.9 Å². The largest absolute Gasteiger partial charge is 0.394 e. The fourth-order valence-corrected chi connectivity index (χ4v) is 4.06. The van der Waals surface area contributed by atoms with Crippen LogP contribution in [0.5, 0.6) is 0 Å². The molecule has 0 unspecified atom stereocenters. The van der Waals surface area contributed by atoms with Gasteiger partial charge in [0.25, 0.3) is 5.91 Å². The van der Waals surface area contributed by atoms with Crippen molar-refractivity contribution in [1.29, 1.82) is 0 Å². The molecule has 0 radical (unpaired) electrons. The van der Waals surface area contributed by atoms with Gasteiger partial charge in [0.15, 0.2) is 11.5 Å². The Kier molecular flexibility index (Phi) is 9.20. The van der Waals surface area contributed by atoms with E-state index in [1.54, 1.807) is 6.92 Å². The van der Waals surface area contributed by atoms with Gasteiger partial charge in [-0.25, -0.2) is 0 Å². The van der Waals surface area contributed by atoms with Crippen LogP contribution in [0.25, 0.3) is 0 Å². The van der Waals surface area contributed by atoms with Crippen molar-refractivity contribution in [3.05, 3.63) is 53.4 Å². The quantitative estimate of drug-likeness (QED) is 0.319. The van der Waals surface area contributed by atoms with Gasteiger partial charge in [0.05, 0.1) is 12.6 Å². The second-order valence-corrected chi connectivity index (χ2v) is 10.4. The summed E-state index contributed by atoms with van der Waals surface area (Å²) in [5, 5.41) is 21.3. The highest BCUT2D eigenvalue weighted by Crippen LogP contribution is 2.47. The molecule has 2 aromatic rings. The molecule has 3 amide bonds. The van der Waals surface area contributed by atoms with Crippen LogP contribution in [-0.4, -0.2) is 58.5 Å². The molecule has 3 atom stereocenters. The first-order valence-corrected chi connectivity index (χ1v) is 12.6. The molecule has 10 nitrogen and oxygen atoms in total. The average Bonchev–Trinajstić information content (AvgIpc) is 3.46. The molecule has 0 aliphatic heterocycles. The van der Waals surface area contributed by atoms with Gasteiger partial charge in [-0.1, -0.05) is 56.3 Å². The molecule has 3 rings (SSSR count). The zero-order chi connectivity index (χ0) is 27.2. The molecule has 200 valence electrons. The third-order valence-corrected chi connectivity index (χ3v) is 6.52. The normalized spacial score (nSPS) is 16.4. The smallest absolute Gasteiger partial charge is 0.274 e. The molecule has 10 heteroatoms. The van der Waals surface area contributed by atoms with E-state index in [2.05, 4.69) is 21.1 Å². The van der Waals surface area contributed by atoms with Gasteiger partial charge >= 0.3 is 0 Å². The van der Waals surface area contributed by atoms with Crippen LogP contribution < -0.4 is 16.0 Å². The van der Waals surface area contributed by atoms with E-state index >= 15 is 0 Å². The fraction of sp³-hybridized carbons (Fsp3) is 0.519. The molecule has 1 aliphatic carbocycles. The van der Waals surface area contributed by atoms with Crippen LogP contribution >= 0.6 is 0 Å². The highest BCUT2D eigenvalue weighted by atomic mass is 16.5. The number of ketones is 1. The molecular weight excluding hydrogens is 476 g/mol. The lowest BCUT2D eigenvalue weighted by molar-refractivity contribution is -0.133. The van der Waals surface area contributed by atoms with Crippen LogP contribution in [0.2, 0.25) is 0 Å². The lowest BCUT2D eigenvalue weighted by Gasteiger charge is -2.27. The number of Topliss-reactive ketones (excluding diaryl/α,β-unsaturated/α-hetero) is 1. The molecule has 4 N–H and O–H groups in total. The van der Waals surface area contributed by atoms with Crippen molar-refractivity contribution >= 4 is 23.5 Å². The first-order chi connectivity index (χ1) is 17.5. The number of carbonyl (C=O) groups is 4. The number of aliphatic hydroxyl groups excluding tert-OH is 1. The number of amides is 3. The van der Waals surface area contributed by atoms with E-state index in [-0.39, 0.29) is 23.8 Å². The van der Waals surface area contributed by atoms with Crippen LogP contribution in [0.3, 0.4) is 0 Å². The van der Waals surface area contributed by atoms with E-state index in [4.69, 9.17) is 4.52 Å². The van der Waals surface area contributed by atoms with Gasteiger partial charge in [-0.3, -0.25) is 19.2 Å². The van der Waals surface area contributed by atoms with E-state index in [0.29, 0.717) is 12.2 Å². The monoisotopic (exact) mass is 512 g/mol. The van der Waals surface area contributed by atoms with Crippen LogP contribution in [-0.2, 0) is 20.8 Å². The maximum atomic E-state index is 13.4. The second-order valence-electron chi connectivity index (χ2n) is 10.4. The summed E-state index contributed by atoms with van der Waals surface area (Å²) in [7, 11) is 0. The summed E-state index contributed by atoms with van der Waals surface area (Å²) < 4.78 is 4.88. The predicted molar refractivity (Wildman–Crippen MR) is 135 cm³/mol. The molecule has 1 saturated carbocycles. The maximum absolute atomic E-state index is 13.4. The second kappa shape index (κ2) is 12.1. The lowest BCUT2D eigenvalue weighted by Crippen LogP contribution is -2.57. The number of hydrogen-bond acceptors (Lipinski definition) is 7. The van der Waals surface area contributed by atoms with Crippen molar-refractivity contribution in [2.45, 2.75) is 71.5 Å². The van der Waals surface area contributed by atoms with Gasteiger partial charge in [0, 0.05) is 17.9 Å². The number of aryl methyl sites for hydroxylation is 1. The summed E-state index contributed by atoms with van der Waals surface area (Å²) in [6, 6.07) is 7.51. The summed E-state index contributed by atoms with van der Waals surface area (Å²) in [4.78, 5) is 52.0. The number of aromatic nitrogens is 1. The Labute approximate surface area is 216 Å². The minimum Gasteiger partial charge on any atom is -0.394 e. The zero-order valence-electron chi connectivity index (χ0n) is 21.7. The van der Waals surface area contributed by atoms with Gasteiger partial charge in [-0.2, -0.15) is 0 Å². The number of carbonyl (C=O) groups excluding carboxylic acids is 4. The third kappa shape index (κ3) is 7.72.